The van der Waals surface area contributed by atoms with E-state index in [2.05, 4.69) is 30.9 Å². The second-order valence-electron chi connectivity index (χ2n) is 5.18. The van der Waals surface area contributed by atoms with Gasteiger partial charge in [0.1, 0.15) is 5.84 Å². The summed E-state index contributed by atoms with van der Waals surface area (Å²) in [4.78, 5) is 2.32. The average Bonchev–Trinajstić information content (AvgIpc) is 2.48. The number of anilines is 1. The number of hydrogen-bond acceptors (Lipinski definition) is 3. The van der Waals surface area contributed by atoms with Crippen molar-refractivity contribution in [3.63, 3.8) is 0 Å². The lowest BCUT2D eigenvalue weighted by atomic mass is 10.0. The number of benzene rings is 2. The second-order valence-corrected chi connectivity index (χ2v) is 5.18. The number of likely N-dealkylation sites (N-methyl/N-ethyl adjacent to an activating group) is 1. The van der Waals surface area contributed by atoms with Gasteiger partial charge < -0.3 is 15.4 Å². The maximum absolute atomic E-state index is 7.73. The predicted octanol–water partition coefficient (Wildman–Crippen LogP) is 2.99. The smallest absolute Gasteiger partial charge is 0.123 e. The summed E-state index contributed by atoms with van der Waals surface area (Å²) in [6, 6.07) is 12.4. The molecule has 2 rings (SSSR count). The molecule has 3 N–H and O–H groups in total. The number of ether oxygens (including phenoxy) is 1. The first-order chi connectivity index (χ1) is 10.1. The van der Waals surface area contributed by atoms with E-state index in [-0.39, 0.29) is 11.9 Å². The Bertz CT molecular complexity index is 639. The summed E-state index contributed by atoms with van der Waals surface area (Å²) in [7, 11) is 1.72. The summed E-state index contributed by atoms with van der Waals surface area (Å²) < 4.78 is 5.29. The van der Waals surface area contributed by atoms with E-state index in [9.17, 15) is 0 Å². The fourth-order valence-corrected chi connectivity index (χ4v) is 2.82. The van der Waals surface area contributed by atoms with Crippen LogP contribution in [0.25, 0.3) is 10.8 Å². The van der Waals surface area contributed by atoms with Crippen molar-refractivity contribution in [3.8, 4) is 0 Å². The number of nitrogen functional groups attached to an aromatic ring is 1. The first-order valence-corrected chi connectivity index (χ1v) is 7.21. The van der Waals surface area contributed by atoms with E-state index >= 15 is 0 Å². The van der Waals surface area contributed by atoms with Crippen molar-refractivity contribution in [2.24, 2.45) is 5.73 Å². The maximum atomic E-state index is 7.73. The van der Waals surface area contributed by atoms with Gasteiger partial charge in [-0.3, -0.25) is 5.41 Å². The van der Waals surface area contributed by atoms with Crippen molar-refractivity contribution in [1.29, 1.82) is 5.41 Å². The van der Waals surface area contributed by atoms with Crippen LogP contribution in [-0.2, 0) is 4.74 Å². The minimum Gasteiger partial charge on any atom is -0.384 e. The van der Waals surface area contributed by atoms with Gasteiger partial charge in [0.15, 0.2) is 0 Å². The molecule has 0 spiro atoms. The number of nitrogens with zero attached hydrogens (tertiary/aromatic N) is 1. The van der Waals surface area contributed by atoms with E-state index in [0.29, 0.717) is 6.61 Å². The highest BCUT2D eigenvalue weighted by Crippen LogP contribution is 2.30. The van der Waals surface area contributed by atoms with Crippen molar-refractivity contribution in [2.75, 3.05) is 25.2 Å². The molecule has 0 amide bonds. The number of nitrogens with two attached hydrogens (primary N) is 1. The van der Waals surface area contributed by atoms with Crippen molar-refractivity contribution >= 4 is 22.3 Å². The lowest BCUT2D eigenvalue weighted by Gasteiger charge is -2.31. The molecule has 0 saturated carbocycles. The van der Waals surface area contributed by atoms with Crippen LogP contribution in [0.5, 0.6) is 0 Å². The number of methoxy groups -OCH3 is 1. The molecular weight excluding hydrogens is 262 g/mol. The fourth-order valence-electron chi connectivity index (χ4n) is 2.82. The summed E-state index contributed by atoms with van der Waals surface area (Å²) in [6.07, 6.45) is 0. The number of hydrogen-bond donors (Lipinski definition) is 2. The van der Waals surface area contributed by atoms with E-state index in [1.807, 2.05) is 24.3 Å². The Kier molecular flexibility index (Phi) is 4.81. The van der Waals surface area contributed by atoms with Gasteiger partial charge in [0.2, 0.25) is 0 Å². The normalized spacial score (nSPS) is 12.3. The van der Waals surface area contributed by atoms with Gasteiger partial charge in [-0.05, 0) is 31.4 Å². The third-order valence-corrected chi connectivity index (χ3v) is 3.78. The van der Waals surface area contributed by atoms with Crippen LogP contribution in [0.4, 0.5) is 5.69 Å². The van der Waals surface area contributed by atoms with Gasteiger partial charge in [0, 0.05) is 36.3 Å². The quantitative estimate of drug-likeness (QED) is 0.633. The molecule has 2 aromatic rings. The Morgan fingerprint density at radius 1 is 1.24 bits per heavy atom. The lowest BCUT2D eigenvalue weighted by molar-refractivity contribution is 0.182. The molecule has 0 aliphatic carbocycles. The monoisotopic (exact) mass is 285 g/mol. The van der Waals surface area contributed by atoms with Crippen LogP contribution >= 0.6 is 0 Å². The fraction of sp³-hybridized carbons (Fsp3) is 0.353. The summed E-state index contributed by atoms with van der Waals surface area (Å²) in [6.45, 7) is 5.87. The third-order valence-electron chi connectivity index (χ3n) is 3.78. The molecule has 4 nitrogen and oxygen atoms in total. The second kappa shape index (κ2) is 6.59. The molecule has 2 aromatic carbocycles. The molecule has 112 valence electrons. The van der Waals surface area contributed by atoms with Crippen LogP contribution in [0.3, 0.4) is 0 Å². The Labute approximate surface area is 126 Å². The van der Waals surface area contributed by atoms with E-state index in [4.69, 9.17) is 15.9 Å². The molecular formula is C17H23N3O. The van der Waals surface area contributed by atoms with Gasteiger partial charge in [-0.15, -0.1) is 0 Å². The van der Waals surface area contributed by atoms with Gasteiger partial charge in [0.05, 0.1) is 6.61 Å². The molecule has 0 aliphatic heterocycles. The number of fused-ring (bicyclic) bond motifs is 1. The lowest BCUT2D eigenvalue weighted by Crippen LogP contribution is -2.36. The minimum atomic E-state index is 0.103. The van der Waals surface area contributed by atoms with Crippen LogP contribution in [0, 0.1) is 5.41 Å². The molecule has 0 heterocycles. The molecule has 21 heavy (non-hydrogen) atoms. The largest absolute Gasteiger partial charge is 0.384 e. The molecule has 0 aromatic heterocycles. The Morgan fingerprint density at radius 2 is 1.90 bits per heavy atom. The van der Waals surface area contributed by atoms with E-state index in [1.165, 1.54) is 0 Å². The summed E-state index contributed by atoms with van der Waals surface area (Å²) in [5.74, 6) is 0.103. The standard InChI is InChI=1S/C17H23N3O/c1-4-20(12(2)11-21-3)16-10-9-15(17(18)19)13-7-5-6-8-14(13)16/h5-10,12H,4,11H2,1-3H3,(H3,18,19). The molecule has 0 bridgehead atoms. The topological polar surface area (TPSA) is 62.3 Å². The van der Waals surface area contributed by atoms with Crippen molar-refractivity contribution in [3.05, 3.63) is 42.0 Å². The zero-order chi connectivity index (χ0) is 15.4. The third kappa shape index (κ3) is 3.00. The van der Waals surface area contributed by atoms with Crippen LogP contribution in [0.15, 0.2) is 36.4 Å². The summed E-state index contributed by atoms with van der Waals surface area (Å²) in [5, 5.41) is 9.87. The molecule has 1 unspecified atom stereocenters. The Balaban J connectivity index is 2.59. The van der Waals surface area contributed by atoms with Crippen LogP contribution < -0.4 is 10.6 Å². The summed E-state index contributed by atoms with van der Waals surface area (Å²) in [5.41, 5.74) is 7.63. The van der Waals surface area contributed by atoms with E-state index in [0.717, 1.165) is 28.6 Å². The van der Waals surface area contributed by atoms with Gasteiger partial charge in [-0.25, -0.2) is 0 Å². The van der Waals surface area contributed by atoms with Gasteiger partial charge in [0.25, 0.3) is 0 Å². The van der Waals surface area contributed by atoms with Crippen LogP contribution in [0.1, 0.15) is 19.4 Å². The zero-order valence-corrected chi connectivity index (χ0v) is 12.9. The van der Waals surface area contributed by atoms with Gasteiger partial charge in [-0.2, -0.15) is 0 Å². The van der Waals surface area contributed by atoms with Crippen LogP contribution in [0.2, 0.25) is 0 Å². The first kappa shape index (κ1) is 15.3. The van der Waals surface area contributed by atoms with E-state index < -0.39 is 0 Å². The number of amidine groups is 1. The zero-order valence-electron chi connectivity index (χ0n) is 12.9. The highest BCUT2D eigenvalue weighted by Gasteiger charge is 2.16. The first-order valence-electron chi connectivity index (χ1n) is 7.21. The number of nitrogens with one attached hydrogen (secondary N) is 1. The Morgan fingerprint density at radius 3 is 2.48 bits per heavy atom. The minimum absolute atomic E-state index is 0.103. The van der Waals surface area contributed by atoms with Crippen molar-refractivity contribution in [2.45, 2.75) is 19.9 Å². The summed E-state index contributed by atoms with van der Waals surface area (Å²) >= 11 is 0. The van der Waals surface area contributed by atoms with Crippen molar-refractivity contribution < 1.29 is 4.74 Å². The van der Waals surface area contributed by atoms with Crippen molar-refractivity contribution in [1.82, 2.24) is 0 Å². The predicted molar refractivity (Wildman–Crippen MR) is 89.3 cm³/mol. The maximum Gasteiger partial charge on any atom is 0.123 e. The molecule has 4 heteroatoms. The average molecular weight is 285 g/mol. The Hall–Kier alpha value is -2.07. The van der Waals surface area contributed by atoms with Gasteiger partial charge >= 0.3 is 0 Å². The number of rotatable bonds is 6. The molecule has 0 radical (unpaired) electrons. The molecule has 0 saturated heterocycles. The highest BCUT2D eigenvalue weighted by molar-refractivity contribution is 6.10. The SMILES string of the molecule is CCN(c1ccc(C(=N)N)c2ccccc12)C(C)COC. The highest BCUT2D eigenvalue weighted by atomic mass is 16.5. The van der Waals surface area contributed by atoms with Gasteiger partial charge in [-0.1, -0.05) is 24.3 Å². The van der Waals surface area contributed by atoms with Crippen LogP contribution in [-0.4, -0.2) is 32.1 Å². The molecule has 0 aliphatic rings. The molecule has 0 fully saturated rings. The molecule has 1 atom stereocenters. The van der Waals surface area contributed by atoms with E-state index in [1.54, 1.807) is 7.11 Å².